The van der Waals surface area contributed by atoms with Crippen molar-refractivity contribution in [2.24, 2.45) is 5.73 Å². The average molecular weight is 299 g/mol. The molecule has 0 aliphatic carbocycles. The minimum atomic E-state index is 0.164. The molecule has 2 N–H and O–H groups in total. The Hall–Kier alpha value is -0.380. The highest BCUT2D eigenvalue weighted by Gasteiger charge is 2.24. The Balaban J connectivity index is 3.06. The standard InChI is InChI=1S/C14H23BrN2/c1-5-13(16)14(17(4)10(2)3)11-7-6-8-12(15)9-11/h6-10,13-14H,5,16H2,1-4H3. The molecule has 0 bridgehead atoms. The molecule has 2 nitrogen and oxygen atoms in total. The van der Waals surface area contributed by atoms with E-state index in [0.29, 0.717) is 6.04 Å². The molecule has 0 aromatic heterocycles. The van der Waals surface area contributed by atoms with Crippen molar-refractivity contribution in [1.82, 2.24) is 4.90 Å². The first-order chi connectivity index (χ1) is 7.97. The molecule has 17 heavy (non-hydrogen) atoms. The summed E-state index contributed by atoms with van der Waals surface area (Å²) in [5.74, 6) is 0. The fourth-order valence-electron chi connectivity index (χ4n) is 2.02. The van der Waals surface area contributed by atoms with Crippen molar-refractivity contribution in [2.45, 2.75) is 45.3 Å². The van der Waals surface area contributed by atoms with E-state index < -0.39 is 0 Å². The van der Waals surface area contributed by atoms with Gasteiger partial charge >= 0.3 is 0 Å². The molecule has 3 heteroatoms. The lowest BCUT2D eigenvalue weighted by molar-refractivity contribution is 0.168. The highest BCUT2D eigenvalue weighted by molar-refractivity contribution is 9.10. The Labute approximate surface area is 113 Å². The van der Waals surface area contributed by atoms with Gasteiger partial charge in [-0.1, -0.05) is 35.0 Å². The monoisotopic (exact) mass is 298 g/mol. The van der Waals surface area contributed by atoms with E-state index in [1.165, 1.54) is 5.56 Å². The molecule has 1 aromatic carbocycles. The molecule has 0 spiro atoms. The predicted molar refractivity (Wildman–Crippen MR) is 78.0 cm³/mol. The van der Waals surface area contributed by atoms with Crippen LogP contribution in [0.25, 0.3) is 0 Å². The number of hydrogen-bond donors (Lipinski definition) is 1. The largest absolute Gasteiger partial charge is 0.326 e. The first-order valence-electron chi connectivity index (χ1n) is 6.20. The van der Waals surface area contributed by atoms with Crippen LogP contribution in [0.4, 0.5) is 0 Å². The predicted octanol–water partition coefficient (Wildman–Crippen LogP) is 3.57. The van der Waals surface area contributed by atoms with Crippen molar-refractivity contribution < 1.29 is 0 Å². The van der Waals surface area contributed by atoms with Gasteiger partial charge in [0.05, 0.1) is 0 Å². The molecule has 2 atom stereocenters. The number of hydrogen-bond acceptors (Lipinski definition) is 2. The molecular weight excluding hydrogens is 276 g/mol. The Kier molecular flexibility index (Phi) is 5.63. The second-order valence-corrected chi connectivity index (χ2v) is 5.75. The second-order valence-electron chi connectivity index (χ2n) is 4.83. The van der Waals surface area contributed by atoms with E-state index in [-0.39, 0.29) is 12.1 Å². The number of nitrogens with zero attached hydrogens (tertiary/aromatic N) is 1. The number of benzene rings is 1. The quantitative estimate of drug-likeness (QED) is 0.900. The van der Waals surface area contributed by atoms with Crippen LogP contribution in [0.15, 0.2) is 28.7 Å². The number of nitrogens with two attached hydrogens (primary N) is 1. The van der Waals surface area contributed by atoms with Crippen LogP contribution in [-0.2, 0) is 0 Å². The summed E-state index contributed by atoms with van der Waals surface area (Å²) < 4.78 is 1.11. The summed E-state index contributed by atoms with van der Waals surface area (Å²) in [5, 5.41) is 0. The summed E-state index contributed by atoms with van der Waals surface area (Å²) in [5.41, 5.74) is 7.56. The molecule has 1 aromatic rings. The second kappa shape index (κ2) is 6.53. The summed E-state index contributed by atoms with van der Waals surface area (Å²) in [4.78, 5) is 2.34. The molecule has 0 saturated heterocycles. The molecule has 1 rings (SSSR count). The molecule has 0 aliphatic rings. The number of likely N-dealkylation sites (N-methyl/N-ethyl adjacent to an activating group) is 1. The average Bonchev–Trinajstić information content (AvgIpc) is 2.28. The van der Waals surface area contributed by atoms with Crippen molar-refractivity contribution in [1.29, 1.82) is 0 Å². The summed E-state index contributed by atoms with van der Waals surface area (Å²) in [6.45, 7) is 6.55. The first kappa shape index (κ1) is 14.7. The maximum Gasteiger partial charge on any atom is 0.0499 e. The van der Waals surface area contributed by atoms with E-state index in [1.54, 1.807) is 0 Å². The van der Waals surface area contributed by atoms with Gasteiger partial charge in [-0.2, -0.15) is 0 Å². The van der Waals surface area contributed by atoms with Crippen molar-refractivity contribution >= 4 is 15.9 Å². The topological polar surface area (TPSA) is 29.3 Å². The molecule has 0 radical (unpaired) electrons. The van der Waals surface area contributed by atoms with Gasteiger partial charge in [0.15, 0.2) is 0 Å². The first-order valence-corrected chi connectivity index (χ1v) is 6.99. The SMILES string of the molecule is CCC(N)C(c1cccc(Br)c1)N(C)C(C)C. The number of halogens is 1. The fraction of sp³-hybridized carbons (Fsp3) is 0.571. The Morgan fingerprint density at radius 3 is 2.47 bits per heavy atom. The Morgan fingerprint density at radius 2 is 2.00 bits per heavy atom. The van der Waals surface area contributed by atoms with Gasteiger partial charge in [0.25, 0.3) is 0 Å². The van der Waals surface area contributed by atoms with Gasteiger partial charge in [-0.15, -0.1) is 0 Å². The summed E-state index contributed by atoms with van der Waals surface area (Å²) in [7, 11) is 2.14. The van der Waals surface area contributed by atoms with Gasteiger partial charge < -0.3 is 5.73 Å². The maximum atomic E-state index is 6.28. The molecule has 96 valence electrons. The lowest BCUT2D eigenvalue weighted by Crippen LogP contribution is -2.41. The lowest BCUT2D eigenvalue weighted by Gasteiger charge is -2.35. The van der Waals surface area contributed by atoms with E-state index >= 15 is 0 Å². The van der Waals surface area contributed by atoms with Crippen LogP contribution < -0.4 is 5.73 Å². The molecule has 2 unspecified atom stereocenters. The van der Waals surface area contributed by atoms with Crippen LogP contribution in [0.2, 0.25) is 0 Å². The van der Waals surface area contributed by atoms with E-state index in [9.17, 15) is 0 Å². The Bertz CT molecular complexity index is 352. The van der Waals surface area contributed by atoms with Crippen molar-refractivity contribution in [2.75, 3.05) is 7.05 Å². The van der Waals surface area contributed by atoms with E-state index in [2.05, 4.69) is 66.8 Å². The zero-order valence-electron chi connectivity index (χ0n) is 11.2. The van der Waals surface area contributed by atoms with Crippen LogP contribution in [-0.4, -0.2) is 24.0 Å². The highest BCUT2D eigenvalue weighted by Crippen LogP contribution is 2.27. The number of rotatable bonds is 5. The van der Waals surface area contributed by atoms with Gasteiger partial charge in [0.1, 0.15) is 0 Å². The van der Waals surface area contributed by atoms with E-state index in [1.807, 2.05) is 6.07 Å². The van der Waals surface area contributed by atoms with E-state index in [0.717, 1.165) is 10.9 Å². The van der Waals surface area contributed by atoms with Crippen LogP contribution in [0.1, 0.15) is 38.8 Å². The molecule has 0 saturated carbocycles. The smallest absolute Gasteiger partial charge is 0.0499 e. The summed E-state index contributed by atoms with van der Waals surface area (Å²) in [6, 6.07) is 9.37. The molecule has 0 heterocycles. The lowest BCUT2D eigenvalue weighted by atomic mass is 9.96. The molecule has 0 fully saturated rings. The van der Waals surface area contributed by atoms with Crippen LogP contribution in [0.5, 0.6) is 0 Å². The van der Waals surface area contributed by atoms with Crippen molar-refractivity contribution in [3.8, 4) is 0 Å². The van der Waals surface area contributed by atoms with Gasteiger partial charge in [-0.25, -0.2) is 0 Å². The van der Waals surface area contributed by atoms with Crippen LogP contribution >= 0.6 is 15.9 Å². The van der Waals surface area contributed by atoms with Crippen molar-refractivity contribution in [3.63, 3.8) is 0 Å². The van der Waals surface area contributed by atoms with Crippen LogP contribution in [0, 0.1) is 0 Å². The normalized spacial score (nSPS) is 15.3. The third-order valence-electron chi connectivity index (χ3n) is 3.32. The van der Waals surface area contributed by atoms with Gasteiger partial charge in [-0.3, -0.25) is 4.90 Å². The summed E-state index contributed by atoms with van der Waals surface area (Å²) in [6.07, 6.45) is 0.980. The molecular formula is C14H23BrN2. The van der Waals surface area contributed by atoms with E-state index in [4.69, 9.17) is 5.73 Å². The Morgan fingerprint density at radius 1 is 1.35 bits per heavy atom. The van der Waals surface area contributed by atoms with Crippen molar-refractivity contribution in [3.05, 3.63) is 34.3 Å². The maximum absolute atomic E-state index is 6.28. The third kappa shape index (κ3) is 3.80. The third-order valence-corrected chi connectivity index (χ3v) is 3.81. The van der Waals surface area contributed by atoms with Gasteiger partial charge in [-0.05, 0) is 45.0 Å². The zero-order chi connectivity index (χ0) is 13.0. The summed E-state index contributed by atoms with van der Waals surface area (Å²) >= 11 is 3.53. The minimum Gasteiger partial charge on any atom is -0.326 e. The highest BCUT2D eigenvalue weighted by atomic mass is 79.9. The van der Waals surface area contributed by atoms with Gasteiger partial charge in [0.2, 0.25) is 0 Å². The zero-order valence-corrected chi connectivity index (χ0v) is 12.7. The van der Waals surface area contributed by atoms with Gasteiger partial charge in [0, 0.05) is 22.6 Å². The van der Waals surface area contributed by atoms with Crippen LogP contribution in [0.3, 0.4) is 0 Å². The molecule has 0 amide bonds. The molecule has 0 aliphatic heterocycles. The minimum absolute atomic E-state index is 0.164. The fourth-order valence-corrected chi connectivity index (χ4v) is 2.44.